The zero-order valence-corrected chi connectivity index (χ0v) is 22.5. The highest BCUT2D eigenvalue weighted by molar-refractivity contribution is 6.31. The Morgan fingerprint density at radius 1 is 1.03 bits per heavy atom. The van der Waals surface area contributed by atoms with Crippen LogP contribution in [0.2, 0.25) is 5.02 Å². The van der Waals surface area contributed by atoms with Gasteiger partial charge in [0.2, 0.25) is 0 Å². The molecule has 1 aromatic heterocycles. The van der Waals surface area contributed by atoms with Gasteiger partial charge in [0.1, 0.15) is 11.6 Å². The molecule has 3 N–H and O–H groups in total. The van der Waals surface area contributed by atoms with E-state index in [9.17, 15) is 14.7 Å². The number of benzene rings is 3. The minimum Gasteiger partial charge on any atom is -0.507 e. The summed E-state index contributed by atoms with van der Waals surface area (Å²) in [4.78, 5) is 36.3. The highest BCUT2D eigenvalue weighted by Gasteiger charge is 2.24. The van der Waals surface area contributed by atoms with Gasteiger partial charge in [0, 0.05) is 29.2 Å². The quantitative estimate of drug-likeness (QED) is 0.293. The van der Waals surface area contributed by atoms with Gasteiger partial charge in [-0.3, -0.25) is 9.59 Å². The number of nitrogens with one attached hydrogen (secondary N) is 2. The number of phenolic OH excluding ortho intramolecular Hbond substituents is 1. The minimum absolute atomic E-state index is 0.0174. The van der Waals surface area contributed by atoms with Gasteiger partial charge in [-0.15, -0.1) is 0 Å². The molecule has 0 saturated carbocycles. The molecule has 1 unspecified atom stereocenters. The molecule has 1 saturated heterocycles. The van der Waals surface area contributed by atoms with Crippen molar-refractivity contribution >= 4 is 34.4 Å². The maximum absolute atomic E-state index is 13.5. The molecular weight excluding hydrogens is 500 g/mol. The molecule has 4 aromatic rings. The monoisotopic (exact) mass is 530 g/mol. The molecule has 2 amide bonds. The lowest BCUT2D eigenvalue weighted by atomic mass is 9.99. The highest BCUT2D eigenvalue weighted by Crippen LogP contribution is 2.27. The normalized spacial score (nSPS) is 14.2. The number of nitrogens with zero attached hydrogens (tertiary/aromatic N) is 2. The fourth-order valence-electron chi connectivity index (χ4n) is 5.16. The van der Waals surface area contributed by atoms with E-state index >= 15 is 0 Å². The van der Waals surface area contributed by atoms with Gasteiger partial charge >= 0.3 is 0 Å². The number of aromatic hydroxyl groups is 1. The summed E-state index contributed by atoms with van der Waals surface area (Å²) in [6, 6.07) is 14.0. The number of aryl methyl sites for hydroxylation is 3. The Morgan fingerprint density at radius 3 is 2.42 bits per heavy atom. The van der Waals surface area contributed by atoms with Crippen molar-refractivity contribution in [3.63, 3.8) is 0 Å². The Bertz CT molecular complexity index is 1520. The summed E-state index contributed by atoms with van der Waals surface area (Å²) in [5.41, 5.74) is 5.92. The highest BCUT2D eigenvalue weighted by atomic mass is 35.5. The van der Waals surface area contributed by atoms with E-state index < -0.39 is 6.04 Å². The van der Waals surface area contributed by atoms with Crippen molar-refractivity contribution in [3.8, 4) is 5.75 Å². The number of phenols is 1. The van der Waals surface area contributed by atoms with E-state index in [1.54, 1.807) is 30.3 Å². The largest absolute Gasteiger partial charge is 0.507 e. The van der Waals surface area contributed by atoms with Crippen LogP contribution in [0.15, 0.2) is 48.5 Å². The Kier molecular flexibility index (Phi) is 7.13. The molecule has 1 aliphatic rings. The number of H-pyrrole nitrogens is 1. The number of aromatic amines is 1. The van der Waals surface area contributed by atoms with Crippen LogP contribution in [0.1, 0.15) is 67.7 Å². The standard InChI is InChI=1S/C30H31ClN4O3/c1-17-14-21(6-8-23(17)30(38)35-10-4-5-11-35)29(37)34-26(15-20-12-18(2)27(36)19(3)13-20)28-32-24-9-7-22(31)16-25(24)33-28/h6-9,12-14,16,26,36H,4-5,10-11,15H2,1-3H3,(H,32,33)(H,34,37). The predicted molar refractivity (Wildman–Crippen MR) is 149 cm³/mol. The van der Waals surface area contributed by atoms with E-state index in [0.717, 1.165) is 59.2 Å². The third-order valence-electron chi connectivity index (χ3n) is 7.20. The van der Waals surface area contributed by atoms with E-state index in [-0.39, 0.29) is 17.6 Å². The van der Waals surface area contributed by atoms with Gasteiger partial charge in [-0.1, -0.05) is 23.7 Å². The number of rotatable bonds is 6. The number of carbonyl (C=O) groups is 2. The molecule has 1 aliphatic heterocycles. The van der Waals surface area contributed by atoms with Crippen LogP contribution in [-0.4, -0.2) is 44.9 Å². The first kappa shape index (κ1) is 25.8. The summed E-state index contributed by atoms with van der Waals surface area (Å²) in [6.07, 6.45) is 2.52. The second kappa shape index (κ2) is 10.5. The first-order valence-electron chi connectivity index (χ1n) is 12.8. The first-order chi connectivity index (χ1) is 18.2. The average molecular weight is 531 g/mol. The Balaban J connectivity index is 1.44. The molecular formula is C30H31ClN4O3. The maximum atomic E-state index is 13.5. The van der Waals surface area contributed by atoms with E-state index in [1.807, 2.05) is 43.9 Å². The third-order valence-corrected chi connectivity index (χ3v) is 7.44. The summed E-state index contributed by atoms with van der Waals surface area (Å²) in [5.74, 6) is 0.635. The molecule has 1 fully saturated rings. The lowest BCUT2D eigenvalue weighted by Gasteiger charge is -2.19. The van der Waals surface area contributed by atoms with Crippen molar-refractivity contribution in [1.82, 2.24) is 20.2 Å². The van der Waals surface area contributed by atoms with Crippen LogP contribution in [0.25, 0.3) is 11.0 Å². The Morgan fingerprint density at radius 2 is 1.74 bits per heavy atom. The second-order valence-corrected chi connectivity index (χ2v) is 10.6. The fourth-order valence-corrected chi connectivity index (χ4v) is 5.33. The van der Waals surface area contributed by atoms with Crippen LogP contribution in [0, 0.1) is 20.8 Å². The lowest BCUT2D eigenvalue weighted by molar-refractivity contribution is 0.0791. The fraction of sp³-hybridized carbons (Fsp3) is 0.300. The van der Waals surface area contributed by atoms with Crippen molar-refractivity contribution in [3.05, 3.63) is 92.8 Å². The third kappa shape index (κ3) is 5.24. The number of likely N-dealkylation sites (tertiary alicyclic amines) is 1. The smallest absolute Gasteiger partial charge is 0.254 e. The number of carbonyl (C=O) groups excluding carboxylic acids is 2. The molecule has 38 heavy (non-hydrogen) atoms. The van der Waals surface area contributed by atoms with Crippen molar-refractivity contribution in [2.45, 2.75) is 46.1 Å². The van der Waals surface area contributed by atoms with E-state index in [4.69, 9.17) is 16.6 Å². The van der Waals surface area contributed by atoms with Crippen LogP contribution in [0.5, 0.6) is 5.75 Å². The zero-order chi connectivity index (χ0) is 27.0. The van der Waals surface area contributed by atoms with Crippen LogP contribution in [0.4, 0.5) is 0 Å². The van der Waals surface area contributed by atoms with Crippen molar-refractivity contribution in [2.24, 2.45) is 0 Å². The van der Waals surface area contributed by atoms with Crippen LogP contribution < -0.4 is 5.32 Å². The van der Waals surface area contributed by atoms with E-state index in [2.05, 4.69) is 10.3 Å². The molecule has 0 radical (unpaired) electrons. The number of halogens is 1. The van der Waals surface area contributed by atoms with Crippen molar-refractivity contribution in [1.29, 1.82) is 0 Å². The van der Waals surface area contributed by atoms with Crippen molar-refractivity contribution < 1.29 is 14.7 Å². The summed E-state index contributed by atoms with van der Waals surface area (Å²) in [5, 5.41) is 14.0. The number of imidazole rings is 1. The van der Waals surface area contributed by atoms with Crippen LogP contribution in [0.3, 0.4) is 0 Å². The predicted octanol–water partition coefficient (Wildman–Crippen LogP) is 5.80. The van der Waals surface area contributed by atoms with Gasteiger partial charge in [0.15, 0.2) is 0 Å². The average Bonchev–Trinajstić information content (AvgIpc) is 3.56. The number of hydrogen-bond acceptors (Lipinski definition) is 4. The SMILES string of the molecule is Cc1cc(C(=O)NC(Cc2cc(C)c(O)c(C)c2)c2nc3ccc(Cl)cc3[nH]2)ccc1C(=O)N1CCCC1. The molecule has 7 nitrogen and oxygen atoms in total. The van der Waals surface area contributed by atoms with Gasteiger partial charge in [0.25, 0.3) is 11.8 Å². The molecule has 196 valence electrons. The Labute approximate surface area is 226 Å². The lowest BCUT2D eigenvalue weighted by Crippen LogP contribution is -2.31. The van der Waals surface area contributed by atoms with Gasteiger partial charge < -0.3 is 20.3 Å². The maximum Gasteiger partial charge on any atom is 0.254 e. The first-order valence-corrected chi connectivity index (χ1v) is 13.2. The number of hydrogen-bond donors (Lipinski definition) is 3. The van der Waals surface area contributed by atoms with Gasteiger partial charge in [-0.2, -0.15) is 0 Å². The molecule has 0 bridgehead atoms. The van der Waals surface area contributed by atoms with Gasteiger partial charge in [-0.25, -0.2) is 4.98 Å². The zero-order valence-electron chi connectivity index (χ0n) is 21.8. The van der Waals surface area contributed by atoms with Gasteiger partial charge in [-0.05, 0) is 98.7 Å². The molecule has 0 aliphatic carbocycles. The van der Waals surface area contributed by atoms with E-state index in [1.165, 1.54) is 0 Å². The molecule has 2 heterocycles. The summed E-state index contributed by atoms with van der Waals surface area (Å²) in [6.45, 7) is 7.14. The number of amides is 2. The number of aromatic nitrogens is 2. The molecule has 1 atom stereocenters. The second-order valence-electron chi connectivity index (χ2n) is 10.1. The van der Waals surface area contributed by atoms with Gasteiger partial charge in [0.05, 0.1) is 17.1 Å². The minimum atomic E-state index is -0.469. The molecule has 8 heteroatoms. The van der Waals surface area contributed by atoms with Crippen LogP contribution in [-0.2, 0) is 6.42 Å². The topological polar surface area (TPSA) is 98.3 Å². The van der Waals surface area contributed by atoms with E-state index in [0.29, 0.717) is 28.4 Å². The molecule has 5 rings (SSSR count). The summed E-state index contributed by atoms with van der Waals surface area (Å²) < 4.78 is 0. The summed E-state index contributed by atoms with van der Waals surface area (Å²) in [7, 11) is 0. The van der Waals surface area contributed by atoms with Crippen LogP contribution >= 0.6 is 11.6 Å². The Hall–Kier alpha value is -3.84. The summed E-state index contributed by atoms with van der Waals surface area (Å²) >= 11 is 6.17. The van der Waals surface area contributed by atoms with Crippen molar-refractivity contribution in [2.75, 3.05) is 13.1 Å². The molecule has 0 spiro atoms. The molecule has 3 aromatic carbocycles. The number of fused-ring (bicyclic) bond motifs is 1.